The standard InChI is InChI=1S/C14H21N3O4/c1-10-12(16-9-21-10)13(19)17-6-4-5-14(17,8-20-3)7-11(18)15-2/h9H,4-8H2,1-3H3,(H,15,18)/t14-/m1/s1. The molecule has 2 heterocycles. The second-order valence-corrected chi connectivity index (χ2v) is 5.32. The van der Waals surface area contributed by atoms with Crippen molar-refractivity contribution in [2.24, 2.45) is 0 Å². The molecule has 7 heteroatoms. The van der Waals surface area contributed by atoms with E-state index in [0.717, 1.165) is 12.8 Å². The largest absolute Gasteiger partial charge is 0.448 e. The van der Waals surface area contributed by atoms with Crippen LogP contribution in [0.3, 0.4) is 0 Å². The van der Waals surface area contributed by atoms with E-state index in [1.165, 1.54) is 6.39 Å². The van der Waals surface area contributed by atoms with Gasteiger partial charge >= 0.3 is 0 Å². The quantitative estimate of drug-likeness (QED) is 0.866. The lowest BCUT2D eigenvalue weighted by Gasteiger charge is -2.37. The van der Waals surface area contributed by atoms with Crippen LogP contribution >= 0.6 is 0 Å². The van der Waals surface area contributed by atoms with Crippen LogP contribution in [0.1, 0.15) is 35.5 Å². The van der Waals surface area contributed by atoms with Crippen molar-refractivity contribution in [1.82, 2.24) is 15.2 Å². The Bertz CT molecular complexity index is 528. The van der Waals surface area contributed by atoms with Gasteiger partial charge in [0.15, 0.2) is 12.1 Å². The van der Waals surface area contributed by atoms with E-state index in [2.05, 4.69) is 10.3 Å². The number of amides is 2. The lowest BCUT2D eigenvalue weighted by Crippen LogP contribution is -2.53. The molecule has 1 fully saturated rings. The third-order valence-electron chi connectivity index (χ3n) is 3.97. The molecule has 0 spiro atoms. The number of ether oxygens (including phenoxy) is 1. The summed E-state index contributed by atoms with van der Waals surface area (Å²) in [5.41, 5.74) is -0.314. The Morgan fingerprint density at radius 2 is 2.33 bits per heavy atom. The van der Waals surface area contributed by atoms with Crippen LogP contribution in [0.25, 0.3) is 0 Å². The fourth-order valence-corrected chi connectivity index (χ4v) is 2.93. The number of hydrogen-bond donors (Lipinski definition) is 1. The van der Waals surface area contributed by atoms with Crippen LogP contribution in [-0.4, -0.2) is 54.5 Å². The minimum atomic E-state index is -0.614. The molecule has 1 N–H and O–H groups in total. The van der Waals surface area contributed by atoms with Gasteiger partial charge in [-0.1, -0.05) is 0 Å². The molecule has 1 aromatic heterocycles. The van der Waals surface area contributed by atoms with Gasteiger partial charge in [-0.25, -0.2) is 4.98 Å². The monoisotopic (exact) mass is 295 g/mol. The van der Waals surface area contributed by atoms with Crippen molar-refractivity contribution in [2.75, 3.05) is 27.3 Å². The molecule has 1 atom stereocenters. The van der Waals surface area contributed by atoms with Crippen molar-refractivity contribution in [3.63, 3.8) is 0 Å². The number of nitrogens with zero attached hydrogens (tertiary/aromatic N) is 2. The highest BCUT2D eigenvalue weighted by Crippen LogP contribution is 2.34. The predicted octanol–water partition coefficient (Wildman–Crippen LogP) is 0.740. The molecule has 1 saturated heterocycles. The number of carbonyl (C=O) groups excluding carboxylic acids is 2. The number of methoxy groups -OCH3 is 1. The van der Waals surface area contributed by atoms with Crippen LogP contribution in [-0.2, 0) is 9.53 Å². The van der Waals surface area contributed by atoms with Gasteiger partial charge in [-0.05, 0) is 19.8 Å². The summed E-state index contributed by atoms with van der Waals surface area (Å²) >= 11 is 0. The van der Waals surface area contributed by atoms with Gasteiger partial charge in [0.2, 0.25) is 5.91 Å². The van der Waals surface area contributed by atoms with Gasteiger partial charge in [0, 0.05) is 20.7 Å². The zero-order valence-corrected chi connectivity index (χ0v) is 12.6. The number of aryl methyl sites for hydroxylation is 1. The summed E-state index contributed by atoms with van der Waals surface area (Å²) in [5.74, 6) is 0.168. The molecule has 1 aromatic rings. The molecule has 0 bridgehead atoms. The molecule has 116 valence electrons. The average molecular weight is 295 g/mol. The van der Waals surface area contributed by atoms with Gasteiger partial charge in [0.05, 0.1) is 18.6 Å². The Balaban J connectivity index is 2.29. The normalized spacial score (nSPS) is 21.6. The van der Waals surface area contributed by atoms with Gasteiger partial charge < -0.3 is 19.4 Å². The van der Waals surface area contributed by atoms with Crippen LogP contribution in [0.4, 0.5) is 0 Å². The molecule has 21 heavy (non-hydrogen) atoms. The minimum Gasteiger partial charge on any atom is -0.448 e. The second-order valence-electron chi connectivity index (χ2n) is 5.32. The van der Waals surface area contributed by atoms with Crippen molar-refractivity contribution >= 4 is 11.8 Å². The molecule has 0 radical (unpaired) electrons. The summed E-state index contributed by atoms with van der Waals surface area (Å²) in [6.45, 7) is 2.61. The summed E-state index contributed by atoms with van der Waals surface area (Å²) in [6, 6.07) is 0. The molecule has 1 aliphatic rings. The van der Waals surface area contributed by atoms with Gasteiger partial charge in [0.1, 0.15) is 5.76 Å². The summed E-state index contributed by atoms with van der Waals surface area (Å²) < 4.78 is 10.4. The number of oxazole rings is 1. The number of aromatic nitrogens is 1. The maximum atomic E-state index is 12.7. The molecule has 1 aliphatic heterocycles. The topological polar surface area (TPSA) is 84.7 Å². The number of likely N-dealkylation sites (tertiary alicyclic amines) is 1. The molecular weight excluding hydrogens is 274 g/mol. The van der Waals surface area contributed by atoms with Crippen molar-refractivity contribution in [1.29, 1.82) is 0 Å². The number of rotatable bonds is 5. The molecular formula is C14H21N3O4. The zero-order valence-electron chi connectivity index (χ0n) is 12.6. The molecule has 0 aliphatic carbocycles. The van der Waals surface area contributed by atoms with E-state index < -0.39 is 5.54 Å². The van der Waals surface area contributed by atoms with Crippen molar-refractivity contribution in [3.8, 4) is 0 Å². The van der Waals surface area contributed by atoms with E-state index in [0.29, 0.717) is 24.6 Å². The highest BCUT2D eigenvalue weighted by Gasteiger charge is 2.46. The third kappa shape index (κ3) is 2.92. The van der Waals surface area contributed by atoms with E-state index >= 15 is 0 Å². The smallest absolute Gasteiger partial charge is 0.276 e. The molecule has 2 amide bonds. The maximum Gasteiger partial charge on any atom is 0.276 e. The fraction of sp³-hybridized carbons (Fsp3) is 0.643. The van der Waals surface area contributed by atoms with E-state index in [4.69, 9.17) is 9.15 Å². The first-order valence-electron chi connectivity index (χ1n) is 6.95. The van der Waals surface area contributed by atoms with Gasteiger partial charge in [-0.2, -0.15) is 0 Å². The van der Waals surface area contributed by atoms with Crippen molar-refractivity contribution in [3.05, 3.63) is 17.8 Å². The average Bonchev–Trinajstić information content (AvgIpc) is 3.05. The molecule has 7 nitrogen and oxygen atoms in total. The first-order chi connectivity index (χ1) is 10.0. The third-order valence-corrected chi connectivity index (χ3v) is 3.97. The van der Waals surface area contributed by atoms with E-state index in [9.17, 15) is 9.59 Å². The highest BCUT2D eigenvalue weighted by molar-refractivity contribution is 5.94. The Morgan fingerprint density at radius 1 is 1.57 bits per heavy atom. The van der Waals surface area contributed by atoms with Crippen LogP contribution in [0.15, 0.2) is 10.8 Å². The second kappa shape index (κ2) is 6.26. The first kappa shape index (κ1) is 15.5. The molecule has 0 unspecified atom stereocenters. The van der Waals surface area contributed by atoms with Crippen LogP contribution in [0.5, 0.6) is 0 Å². The maximum absolute atomic E-state index is 12.7. The lowest BCUT2D eigenvalue weighted by atomic mass is 9.92. The molecule has 0 aromatic carbocycles. The summed E-state index contributed by atoms with van der Waals surface area (Å²) in [6.07, 6.45) is 3.05. The van der Waals surface area contributed by atoms with E-state index in [1.54, 1.807) is 26.0 Å². The summed E-state index contributed by atoms with van der Waals surface area (Å²) in [7, 11) is 3.17. The zero-order chi connectivity index (χ0) is 15.5. The number of hydrogen-bond acceptors (Lipinski definition) is 5. The minimum absolute atomic E-state index is 0.108. The summed E-state index contributed by atoms with van der Waals surface area (Å²) in [5, 5.41) is 2.61. The molecule has 2 rings (SSSR count). The lowest BCUT2D eigenvalue weighted by molar-refractivity contribution is -0.123. The van der Waals surface area contributed by atoms with Gasteiger partial charge in [-0.3, -0.25) is 9.59 Å². The number of carbonyl (C=O) groups is 2. The van der Waals surface area contributed by atoms with Gasteiger partial charge in [-0.15, -0.1) is 0 Å². The van der Waals surface area contributed by atoms with E-state index in [1.807, 2.05) is 0 Å². The SMILES string of the molecule is CNC(=O)C[C@@]1(COC)CCCN1C(=O)c1ncoc1C. The Hall–Kier alpha value is -1.89. The number of nitrogens with one attached hydrogen (secondary N) is 1. The van der Waals surface area contributed by atoms with Gasteiger partial charge in [0.25, 0.3) is 5.91 Å². The van der Waals surface area contributed by atoms with Crippen LogP contribution in [0.2, 0.25) is 0 Å². The van der Waals surface area contributed by atoms with Crippen LogP contribution in [0, 0.1) is 6.92 Å². The van der Waals surface area contributed by atoms with Crippen LogP contribution < -0.4 is 5.32 Å². The molecule has 0 saturated carbocycles. The summed E-state index contributed by atoms with van der Waals surface area (Å²) in [4.78, 5) is 30.2. The van der Waals surface area contributed by atoms with E-state index in [-0.39, 0.29) is 18.2 Å². The highest BCUT2D eigenvalue weighted by atomic mass is 16.5. The van der Waals surface area contributed by atoms with Crippen molar-refractivity contribution in [2.45, 2.75) is 31.7 Å². The van der Waals surface area contributed by atoms with Crippen molar-refractivity contribution < 1.29 is 18.7 Å². The first-order valence-corrected chi connectivity index (χ1v) is 6.95. The fourth-order valence-electron chi connectivity index (χ4n) is 2.93. The Morgan fingerprint density at radius 3 is 2.90 bits per heavy atom. The Labute approximate surface area is 123 Å². The predicted molar refractivity (Wildman–Crippen MR) is 74.8 cm³/mol. The Kier molecular flexibility index (Phi) is 4.62.